The first-order chi connectivity index (χ1) is 17.0. The second-order valence-corrected chi connectivity index (χ2v) is 9.06. The molecule has 0 aliphatic rings. The summed E-state index contributed by atoms with van der Waals surface area (Å²) in [6.45, 7) is 1.69. The minimum Gasteiger partial charge on any atom is -0.445 e. The van der Waals surface area contributed by atoms with Gasteiger partial charge >= 0.3 is 6.09 Å². The standard InChI is InChI=1S/C27H25N3O4S/c1-18(24(31)26-29-21-14-8-9-15-23(21)35-26)28-25(32)22(16-19-10-4-2-5-11-19)30-27(33)34-17-20-12-6-3-7-13-20/h2-15,18,22H,16-17H2,1H3,(H,28,32)(H,30,33)/t18-,22+/m0/s1. The van der Waals surface area contributed by atoms with E-state index in [1.54, 1.807) is 6.92 Å². The SMILES string of the molecule is C[C@H](NC(=O)[C@@H](Cc1ccccc1)NC(=O)OCc1ccccc1)C(=O)c1nc2ccccc2s1. The smallest absolute Gasteiger partial charge is 0.408 e. The van der Waals surface area contributed by atoms with E-state index in [0.29, 0.717) is 5.01 Å². The van der Waals surface area contributed by atoms with Crippen LogP contribution < -0.4 is 10.6 Å². The molecule has 0 aliphatic carbocycles. The van der Waals surface area contributed by atoms with E-state index in [1.807, 2.05) is 84.9 Å². The summed E-state index contributed by atoms with van der Waals surface area (Å²) in [4.78, 5) is 42.9. The van der Waals surface area contributed by atoms with Crippen molar-refractivity contribution in [2.45, 2.75) is 32.0 Å². The minimum absolute atomic E-state index is 0.0822. The number of carbonyl (C=O) groups excluding carboxylic acids is 3. The van der Waals surface area contributed by atoms with Crippen molar-refractivity contribution in [3.8, 4) is 0 Å². The van der Waals surface area contributed by atoms with Crippen LogP contribution in [0.25, 0.3) is 10.2 Å². The molecule has 0 saturated heterocycles. The van der Waals surface area contributed by atoms with Gasteiger partial charge < -0.3 is 15.4 Å². The number of Topliss-reactive ketones (excluding diaryl/α,β-unsaturated/α-hetero) is 1. The number of hydrogen-bond acceptors (Lipinski definition) is 6. The number of rotatable bonds is 9. The van der Waals surface area contributed by atoms with Crippen LogP contribution in [0.1, 0.15) is 27.9 Å². The van der Waals surface area contributed by atoms with Gasteiger partial charge in [-0.1, -0.05) is 72.8 Å². The Morgan fingerprint density at radius 2 is 1.49 bits per heavy atom. The third kappa shape index (κ3) is 6.51. The Morgan fingerprint density at radius 1 is 0.857 bits per heavy atom. The number of amides is 2. The first-order valence-corrected chi connectivity index (χ1v) is 12.0. The zero-order chi connectivity index (χ0) is 24.6. The average molecular weight is 488 g/mol. The van der Waals surface area contributed by atoms with Crippen LogP contribution in [-0.4, -0.2) is 34.9 Å². The van der Waals surface area contributed by atoms with Crippen molar-refractivity contribution in [2.24, 2.45) is 0 Å². The van der Waals surface area contributed by atoms with Gasteiger partial charge in [0, 0.05) is 6.42 Å². The molecule has 1 heterocycles. The Morgan fingerprint density at radius 3 is 2.17 bits per heavy atom. The van der Waals surface area contributed by atoms with Gasteiger partial charge in [0.1, 0.15) is 12.6 Å². The second-order valence-electron chi connectivity index (χ2n) is 8.03. The molecule has 0 spiro atoms. The predicted octanol–water partition coefficient (Wildman–Crippen LogP) is 4.52. The summed E-state index contributed by atoms with van der Waals surface area (Å²) in [6.07, 6.45) is -0.468. The number of nitrogens with zero attached hydrogens (tertiary/aromatic N) is 1. The summed E-state index contributed by atoms with van der Waals surface area (Å²) in [5.74, 6) is -0.767. The van der Waals surface area contributed by atoms with E-state index >= 15 is 0 Å². The van der Waals surface area contributed by atoms with Crippen molar-refractivity contribution >= 4 is 39.3 Å². The zero-order valence-electron chi connectivity index (χ0n) is 19.1. The molecule has 4 rings (SSSR count). The van der Waals surface area contributed by atoms with Gasteiger partial charge in [0.15, 0.2) is 5.01 Å². The van der Waals surface area contributed by atoms with Crippen molar-refractivity contribution in [1.29, 1.82) is 0 Å². The summed E-state index contributed by atoms with van der Waals surface area (Å²) < 4.78 is 6.20. The molecular weight excluding hydrogens is 462 g/mol. The number of aromatic nitrogens is 1. The monoisotopic (exact) mass is 487 g/mol. The van der Waals surface area contributed by atoms with Crippen LogP contribution in [-0.2, 0) is 22.6 Å². The quantitative estimate of drug-likeness (QED) is 0.338. The molecule has 4 aromatic rings. The fraction of sp³-hybridized carbons (Fsp3) is 0.185. The summed E-state index contributed by atoms with van der Waals surface area (Å²) in [5, 5.41) is 5.70. The van der Waals surface area contributed by atoms with Gasteiger partial charge in [0.2, 0.25) is 11.7 Å². The number of ether oxygens (including phenoxy) is 1. The normalized spacial score (nSPS) is 12.5. The molecular formula is C27H25N3O4S. The largest absolute Gasteiger partial charge is 0.445 e. The van der Waals surface area contributed by atoms with E-state index in [2.05, 4.69) is 15.6 Å². The van der Waals surface area contributed by atoms with Crippen molar-refractivity contribution in [3.63, 3.8) is 0 Å². The fourth-order valence-electron chi connectivity index (χ4n) is 3.51. The van der Waals surface area contributed by atoms with Crippen molar-refractivity contribution in [3.05, 3.63) is 101 Å². The molecule has 2 N–H and O–H groups in total. The second kappa shape index (κ2) is 11.4. The number of ketones is 1. The van der Waals surface area contributed by atoms with Gasteiger partial charge in [-0.05, 0) is 30.2 Å². The molecule has 2 amide bonds. The van der Waals surface area contributed by atoms with E-state index in [1.165, 1.54) is 11.3 Å². The molecule has 0 saturated carbocycles. The molecule has 35 heavy (non-hydrogen) atoms. The lowest BCUT2D eigenvalue weighted by atomic mass is 10.0. The Hall–Kier alpha value is -4.04. The topological polar surface area (TPSA) is 97.4 Å². The number of carbonyl (C=O) groups is 3. The van der Waals surface area contributed by atoms with Crippen LogP contribution in [0.5, 0.6) is 0 Å². The van der Waals surface area contributed by atoms with E-state index in [0.717, 1.165) is 21.3 Å². The van der Waals surface area contributed by atoms with Gasteiger partial charge in [0.05, 0.1) is 16.3 Å². The molecule has 8 heteroatoms. The van der Waals surface area contributed by atoms with E-state index < -0.39 is 24.1 Å². The van der Waals surface area contributed by atoms with Crippen molar-refractivity contribution < 1.29 is 19.1 Å². The third-order valence-electron chi connectivity index (χ3n) is 5.36. The van der Waals surface area contributed by atoms with Gasteiger partial charge in [-0.25, -0.2) is 9.78 Å². The summed E-state index contributed by atoms with van der Waals surface area (Å²) in [7, 11) is 0. The molecule has 7 nitrogen and oxygen atoms in total. The Bertz CT molecular complexity index is 1270. The van der Waals surface area contributed by atoms with Crippen LogP contribution in [0.15, 0.2) is 84.9 Å². The van der Waals surface area contributed by atoms with Crippen molar-refractivity contribution in [1.82, 2.24) is 15.6 Å². The van der Waals surface area contributed by atoms with Crippen LogP contribution in [0.4, 0.5) is 4.79 Å². The van der Waals surface area contributed by atoms with E-state index in [-0.39, 0.29) is 18.8 Å². The van der Waals surface area contributed by atoms with Crippen LogP contribution in [0.2, 0.25) is 0 Å². The summed E-state index contributed by atoms with van der Waals surface area (Å²) in [5.41, 5.74) is 2.44. The number of thiazole rings is 1. The zero-order valence-corrected chi connectivity index (χ0v) is 20.0. The van der Waals surface area contributed by atoms with Crippen LogP contribution >= 0.6 is 11.3 Å². The van der Waals surface area contributed by atoms with Gasteiger partial charge in [0.25, 0.3) is 0 Å². The lowest BCUT2D eigenvalue weighted by molar-refractivity contribution is -0.123. The Kier molecular flexibility index (Phi) is 7.84. The molecule has 2 atom stereocenters. The number of hydrogen-bond donors (Lipinski definition) is 2. The van der Waals surface area contributed by atoms with Crippen LogP contribution in [0.3, 0.4) is 0 Å². The summed E-state index contributed by atoms with van der Waals surface area (Å²) in [6, 6.07) is 24.3. The minimum atomic E-state index is -0.925. The van der Waals surface area contributed by atoms with Gasteiger partial charge in [-0.2, -0.15) is 0 Å². The number of fused-ring (bicyclic) bond motifs is 1. The lowest BCUT2D eigenvalue weighted by Crippen LogP contribution is -2.51. The Labute approximate surface area is 207 Å². The molecule has 0 unspecified atom stereocenters. The van der Waals surface area contributed by atoms with E-state index in [9.17, 15) is 14.4 Å². The Balaban J connectivity index is 1.42. The van der Waals surface area contributed by atoms with Crippen molar-refractivity contribution in [2.75, 3.05) is 0 Å². The highest BCUT2D eigenvalue weighted by Crippen LogP contribution is 2.22. The maximum absolute atomic E-state index is 13.1. The number of alkyl carbamates (subject to hydrolysis) is 1. The molecule has 3 aromatic carbocycles. The molecule has 1 aromatic heterocycles. The number of benzene rings is 3. The lowest BCUT2D eigenvalue weighted by Gasteiger charge is -2.20. The first kappa shape index (κ1) is 24.1. The summed E-state index contributed by atoms with van der Waals surface area (Å²) >= 11 is 1.29. The van der Waals surface area contributed by atoms with E-state index in [4.69, 9.17) is 4.74 Å². The average Bonchev–Trinajstić information content (AvgIpc) is 3.32. The highest BCUT2D eigenvalue weighted by atomic mass is 32.1. The van der Waals surface area contributed by atoms with Gasteiger partial charge in [-0.15, -0.1) is 11.3 Å². The predicted molar refractivity (Wildman–Crippen MR) is 135 cm³/mol. The number of para-hydroxylation sites is 1. The maximum Gasteiger partial charge on any atom is 0.408 e. The molecule has 178 valence electrons. The molecule has 0 radical (unpaired) electrons. The molecule has 0 fully saturated rings. The third-order valence-corrected chi connectivity index (χ3v) is 6.41. The first-order valence-electron chi connectivity index (χ1n) is 11.2. The molecule has 0 bridgehead atoms. The number of nitrogens with one attached hydrogen (secondary N) is 2. The maximum atomic E-state index is 13.1. The highest BCUT2D eigenvalue weighted by Gasteiger charge is 2.27. The van der Waals surface area contributed by atoms with Crippen LogP contribution in [0, 0.1) is 0 Å². The molecule has 0 aliphatic heterocycles. The van der Waals surface area contributed by atoms with Gasteiger partial charge in [-0.3, -0.25) is 9.59 Å². The highest BCUT2D eigenvalue weighted by molar-refractivity contribution is 7.20. The fourth-order valence-corrected chi connectivity index (χ4v) is 4.50.